The molecule has 2 aromatic carbocycles. The summed E-state index contributed by atoms with van der Waals surface area (Å²) in [5.74, 6) is 5.97. The number of carbonyl (C=O) groups excluding carboxylic acids is 1. The summed E-state index contributed by atoms with van der Waals surface area (Å²) >= 11 is 0. The van der Waals surface area contributed by atoms with Gasteiger partial charge in [-0.25, -0.2) is 4.39 Å². The number of hydrogen-bond donors (Lipinski definition) is 3. The molecule has 4 rings (SSSR count). The van der Waals surface area contributed by atoms with E-state index in [1.54, 1.807) is 42.5 Å². The van der Waals surface area contributed by atoms with E-state index in [4.69, 9.17) is 4.74 Å². The van der Waals surface area contributed by atoms with Crippen molar-refractivity contribution in [2.45, 2.75) is 65.1 Å². The van der Waals surface area contributed by atoms with Gasteiger partial charge in [-0.1, -0.05) is 25.8 Å². The maximum atomic E-state index is 14.7. The minimum atomic E-state index is -4.46. The standard InChI is InChI=1S/C30H35F4N5O2.C2H6/c1-19(2)36-29(40)20-10-11-26(28(15-20)41-4)35-13-6-7-21-16-22-24(37-25-12-14-38(3)17-23(25)31)8-5-9-27(22)39(21)18-30(32,33)34;1-2/h5,8-11,15-16,19,23,25,35,37H,12-14,17-18H2,1-4H3,(H,36,40);1-2H3. The number of anilines is 2. The smallest absolute Gasteiger partial charge is 0.406 e. The van der Waals surface area contributed by atoms with Crippen LogP contribution in [0, 0.1) is 11.8 Å². The van der Waals surface area contributed by atoms with E-state index in [-0.39, 0.29) is 24.2 Å². The summed E-state index contributed by atoms with van der Waals surface area (Å²) in [5.41, 5.74) is 2.16. The van der Waals surface area contributed by atoms with Crippen molar-refractivity contribution in [3.8, 4) is 17.6 Å². The van der Waals surface area contributed by atoms with Crippen LogP contribution in [0.4, 0.5) is 28.9 Å². The summed E-state index contributed by atoms with van der Waals surface area (Å²) in [4.78, 5) is 14.2. The third-order valence-electron chi connectivity index (χ3n) is 6.84. The summed E-state index contributed by atoms with van der Waals surface area (Å²) in [6.07, 6.45) is -4.97. The van der Waals surface area contributed by atoms with Crippen LogP contribution in [-0.2, 0) is 6.54 Å². The summed E-state index contributed by atoms with van der Waals surface area (Å²) in [6, 6.07) is 11.1. The summed E-state index contributed by atoms with van der Waals surface area (Å²) < 4.78 is 61.9. The molecule has 1 saturated heterocycles. The molecule has 1 aliphatic heterocycles. The first-order valence-corrected chi connectivity index (χ1v) is 14.4. The van der Waals surface area contributed by atoms with Crippen molar-refractivity contribution in [2.24, 2.45) is 0 Å². The fourth-order valence-electron chi connectivity index (χ4n) is 4.88. The molecule has 2 unspecified atom stereocenters. The van der Waals surface area contributed by atoms with E-state index in [0.29, 0.717) is 46.6 Å². The Morgan fingerprint density at radius 1 is 1.14 bits per heavy atom. The van der Waals surface area contributed by atoms with Crippen LogP contribution in [0.3, 0.4) is 0 Å². The number of rotatable bonds is 8. The first-order chi connectivity index (χ1) is 20.4. The Bertz CT molecular complexity index is 1440. The molecule has 0 bridgehead atoms. The van der Waals surface area contributed by atoms with Crippen LogP contribution >= 0.6 is 0 Å². The average Bonchev–Trinajstić information content (AvgIpc) is 3.29. The Labute approximate surface area is 251 Å². The van der Waals surface area contributed by atoms with Gasteiger partial charge >= 0.3 is 6.18 Å². The van der Waals surface area contributed by atoms with Gasteiger partial charge in [0.05, 0.1) is 36.6 Å². The van der Waals surface area contributed by atoms with Crippen LogP contribution in [0.15, 0.2) is 42.5 Å². The molecule has 43 heavy (non-hydrogen) atoms. The minimum absolute atomic E-state index is 0.0174. The van der Waals surface area contributed by atoms with E-state index in [2.05, 4.69) is 27.8 Å². The molecule has 0 aliphatic carbocycles. The lowest BCUT2D eigenvalue weighted by molar-refractivity contribution is -0.140. The van der Waals surface area contributed by atoms with Crippen molar-refractivity contribution in [3.63, 3.8) is 0 Å². The van der Waals surface area contributed by atoms with E-state index < -0.39 is 24.9 Å². The van der Waals surface area contributed by atoms with Crippen molar-refractivity contribution in [1.82, 2.24) is 14.8 Å². The number of fused-ring (bicyclic) bond motifs is 1. The topological polar surface area (TPSA) is 70.6 Å². The highest BCUT2D eigenvalue weighted by atomic mass is 19.4. The highest BCUT2D eigenvalue weighted by molar-refractivity contribution is 5.95. The summed E-state index contributed by atoms with van der Waals surface area (Å²) in [5, 5.41) is 9.69. The molecule has 11 heteroatoms. The predicted octanol–water partition coefficient (Wildman–Crippen LogP) is 6.29. The van der Waals surface area contributed by atoms with Gasteiger partial charge < -0.3 is 30.2 Å². The first kappa shape index (κ1) is 33.6. The number of ether oxygens (including phenoxy) is 1. The highest BCUT2D eigenvalue weighted by Crippen LogP contribution is 2.32. The lowest BCUT2D eigenvalue weighted by Gasteiger charge is -2.33. The van der Waals surface area contributed by atoms with E-state index >= 15 is 0 Å². The van der Waals surface area contributed by atoms with E-state index in [1.165, 1.54) is 7.11 Å². The number of piperidine rings is 1. The van der Waals surface area contributed by atoms with Gasteiger partial charge in [0, 0.05) is 35.8 Å². The molecule has 0 spiro atoms. The van der Waals surface area contributed by atoms with Crippen LogP contribution in [-0.4, -0.2) is 73.6 Å². The van der Waals surface area contributed by atoms with Crippen LogP contribution in [0.2, 0.25) is 0 Å². The highest BCUT2D eigenvalue weighted by Gasteiger charge is 2.31. The number of nitrogens with one attached hydrogen (secondary N) is 3. The maximum Gasteiger partial charge on any atom is 0.406 e. The second-order valence-corrected chi connectivity index (χ2v) is 10.5. The quantitative estimate of drug-likeness (QED) is 0.209. The van der Waals surface area contributed by atoms with Gasteiger partial charge in [-0.2, -0.15) is 13.2 Å². The Hall–Kier alpha value is -3.91. The van der Waals surface area contributed by atoms with Crippen LogP contribution < -0.4 is 20.7 Å². The number of nitrogens with zero attached hydrogens (tertiary/aromatic N) is 2. The summed E-state index contributed by atoms with van der Waals surface area (Å²) in [6.45, 7) is 7.67. The molecular formula is C32H41F4N5O2. The molecule has 1 aromatic heterocycles. The van der Waals surface area contributed by atoms with Crippen molar-refractivity contribution >= 4 is 28.2 Å². The molecule has 7 nitrogen and oxygen atoms in total. The largest absolute Gasteiger partial charge is 0.495 e. The molecular weight excluding hydrogens is 562 g/mol. The average molecular weight is 604 g/mol. The molecule has 1 fully saturated rings. The zero-order chi connectivity index (χ0) is 31.7. The Kier molecular flexibility index (Phi) is 11.7. The number of likely N-dealkylation sites (tertiary alicyclic amines) is 1. The molecule has 2 heterocycles. The first-order valence-electron chi connectivity index (χ1n) is 14.4. The number of methoxy groups -OCH3 is 1. The molecule has 0 saturated carbocycles. The molecule has 234 valence electrons. The number of halogens is 4. The van der Waals surface area contributed by atoms with Gasteiger partial charge in [-0.05, 0) is 69.6 Å². The van der Waals surface area contributed by atoms with Gasteiger partial charge in [0.1, 0.15) is 18.5 Å². The van der Waals surface area contributed by atoms with Crippen molar-refractivity contribution in [2.75, 3.05) is 44.4 Å². The number of carbonyl (C=O) groups is 1. The predicted molar refractivity (Wildman–Crippen MR) is 165 cm³/mol. The SMILES string of the molecule is CC.COc1cc(C(=O)NC(C)C)ccc1NCC#Cc1cc2c(NC3CCN(C)CC3F)cccc2n1CC(F)(F)F. The third kappa shape index (κ3) is 9.04. The number of alkyl halides is 4. The number of aromatic nitrogens is 1. The van der Waals surface area contributed by atoms with Crippen molar-refractivity contribution in [1.29, 1.82) is 0 Å². The van der Waals surface area contributed by atoms with Gasteiger partial charge in [-0.15, -0.1) is 0 Å². The third-order valence-corrected chi connectivity index (χ3v) is 6.84. The normalized spacial score (nSPS) is 17.0. The van der Waals surface area contributed by atoms with Gasteiger partial charge in [0.2, 0.25) is 0 Å². The van der Waals surface area contributed by atoms with Gasteiger partial charge in [-0.3, -0.25) is 4.79 Å². The van der Waals surface area contributed by atoms with Crippen molar-refractivity contribution < 1.29 is 27.1 Å². The van der Waals surface area contributed by atoms with Crippen LogP contribution in [0.25, 0.3) is 10.9 Å². The Morgan fingerprint density at radius 3 is 2.53 bits per heavy atom. The van der Waals surface area contributed by atoms with E-state index in [0.717, 1.165) is 11.1 Å². The zero-order valence-corrected chi connectivity index (χ0v) is 25.5. The number of hydrogen-bond acceptors (Lipinski definition) is 5. The monoisotopic (exact) mass is 603 g/mol. The second-order valence-electron chi connectivity index (χ2n) is 10.5. The van der Waals surface area contributed by atoms with Gasteiger partial charge in [0.25, 0.3) is 5.91 Å². The van der Waals surface area contributed by atoms with Crippen molar-refractivity contribution in [3.05, 3.63) is 53.7 Å². The second kappa shape index (κ2) is 15.0. The Morgan fingerprint density at radius 2 is 1.88 bits per heavy atom. The molecule has 3 N–H and O–H groups in total. The lowest BCUT2D eigenvalue weighted by atomic mass is 10.0. The van der Waals surface area contributed by atoms with E-state index in [1.807, 2.05) is 39.6 Å². The molecule has 3 aromatic rings. The maximum absolute atomic E-state index is 14.7. The minimum Gasteiger partial charge on any atom is -0.495 e. The zero-order valence-electron chi connectivity index (χ0n) is 25.5. The molecule has 1 aliphatic rings. The van der Waals surface area contributed by atoms with E-state index in [9.17, 15) is 22.4 Å². The lowest BCUT2D eigenvalue weighted by Crippen LogP contribution is -2.46. The van der Waals surface area contributed by atoms with Crippen LogP contribution in [0.1, 0.15) is 50.2 Å². The molecule has 2 atom stereocenters. The van der Waals surface area contributed by atoms with Gasteiger partial charge in [0.15, 0.2) is 0 Å². The molecule has 0 radical (unpaired) electrons. The number of benzene rings is 2. The van der Waals surface area contributed by atoms with Crippen LogP contribution in [0.5, 0.6) is 5.75 Å². The Balaban J connectivity index is 0.00000248. The summed E-state index contributed by atoms with van der Waals surface area (Å²) in [7, 11) is 3.34. The fraction of sp³-hybridized carbons (Fsp3) is 0.469. The molecule has 1 amide bonds. The fourth-order valence-corrected chi connectivity index (χ4v) is 4.88. The number of amides is 1.